The van der Waals surface area contributed by atoms with Gasteiger partial charge in [0.2, 0.25) is 16.9 Å². The van der Waals surface area contributed by atoms with Gasteiger partial charge in [-0.3, -0.25) is 52.1 Å². The molecule has 77 heavy (non-hydrogen) atoms. The van der Waals surface area contributed by atoms with Gasteiger partial charge in [0.15, 0.2) is 17.7 Å². The fraction of sp³-hybridized carbons (Fsp3) is 0.706. The minimum Gasteiger partial charge on any atom is -0.387 e. The molecule has 3 aliphatic rings. The number of imidazole rings is 1. The van der Waals surface area contributed by atoms with Crippen LogP contribution in [-0.2, 0) is 69.3 Å². The first-order valence-corrected chi connectivity index (χ1v) is 29.2. The number of rotatable bonds is 29. The Morgan fingerprint density at radius 2 is 1.61 bits per heavy atom. The van der Waals surface area contributed by atoms with Gasteiger partial charge < -0.3 is 85.9 Å². The molecule has 3 fully saturated rings. The van der Waals surface area contributed by atoms with Gasteiger partial charge in [-0.1, -0.05) is 25.6 Å². The molecule has 38 nitrogen and oxygen atoms in total. The third-order valence-electron chi connectivity index (χ3n) is 11.3. The van der Waals surface area contributed by atoms with Gasteiger partial charge in [-0.25, -0.2) is 38.0 Å². The number of nitrogens with one attached hydrogen (secondary N) is 3. The van der Waals surface area contributed by atoms with Crippen molar-refractivity contribution in [3.8, 4) is 0 Å². The van der Waals surface area contributed by atoms with Crippen molar-refractivity contribution in [1.82, 2.24) is 45.4 Å². The molecule has 0 bridgehead atoms. The number of fused-ring (bicyclic) bond motifs is 1. The quantitative estimate of drug-likeness (QED) is 0.0119. The van der Waals surface area contributed by atoms with Crippen LogP contribution in [0.25, 0.3) is 11.2 Å². The highest BCUT2D eigenvalue weighted by molar-refractivity contribution is 8.13. The molecule has 0 aromatic carbocycles. The third-order valence-corrected chi connectivity index (χ3v) is 15.9. The lowest BCUT2D eigenvalue weighted by Crippen LogP contribution is -2.56. The first kappa shape index (κ1) is 64.2. The minimum absolute atomic E-state index is 0.0104. The summed E-state index contributed by atoms with van der Waals surface area (Å²) < 4.78 is 83.0. The number of hydrogen-bond donors (Lipinski definition) is 16. The molecule has 1 spiro atoms. The second-order valence-corrected chi connectivity index (χ2v) is 24.1. The van der Waals surface area contributed by atoms with Crippen LogP contribution in [0.1, 0.15) is 39.3 Å². The van der Waals surface area contributed by atoms with E-state index < -0.39 is 159 Å². The van der Waals surface area contributed by atoms with Gasteiger partial charge in [-0.2, -0.15) is 9.37 Å². The van der Waals surface area contributed by atoms with Gasteiger partial charge in [0.1, 0.15) is 67.3 Å². The molecule has 436 valence electrons. The number of nitrogens with zero attached hydrogens (tertiary/aromatic N) is 6. The first-order chi connectivity index (χ1) is 35.6. The molecular formula is C34H56N10O28P4S. The molecule has 0 saturated carbocycles. The normalized spacial score (nSPS) is 26.5. The summed E-state index contributed by atoms with van der Waals surface area (Å²) in [6.45, 7) is -2.82. The maximum atomic E-state index is 13.2. The topological polar surface area (TPSA) is 573 Å². The molecule has 5 amide bonds. The highest BCUT2D eigenvalue weighted by atomic mass is 32.2. The Balaban J connectivity index is 1.01. The maximum absolute atomic E-state index is 13.2. The summed E-state index contributed by atoms with van der Waals surface area (Å²) in [5.41, 5.74) is 1.52. The van der Waals surface area contributed by atoms with E-state index in [0.29, 0.717) is 16.7 Å². The predicted molar refractivity (Wildman–Crippen MR) is 249 cm³/mol. The molecule has 17 N–H and O–H groups in total. The molecule has 12 unspecified atom stereocenters. The Bertz CT molecular complexity index is 2670. The van der Waals surface area contributed by atoms with E-state index in [4.69, 9.17) is 34.0 Å². The molecular weight excluding hydrogens is 1150 g/mol. The van der Waals surface area contributed by atoms with Crippen molar-refractivity contribution in [2.45, 2.75) is 93.8 Å². The lowest BCUT2D eigenvalue weighted by molar-refractivity contribution is -0.176. The number of hydrogen-bond acceptors (Lipinski definition) is 28. The maximum Gasteiger partial charge on any atom is 0.481 e. The average molecular weight is 1210 g/mol. The zero-order chi connectivity index (χ0) is 57.6. The van der Waals surface area contributed by atoms with E-state index in [1.54, 1.807) is 0 Å². The number of amides is 5. The van der Waals surface area contributed by atoms with Crippen LogP contribution in [0.3, 0.4) is 0 Å². The van der Waals surface area contributed by atoms with Crippen LogP contribution in [0.15, 0.2) is 12.7 Å². The number of anilines is 1. The standard InChI is InChI=1S/C34H56N10O28P4S/c1-33(2,12-68-76(64,65)72-75(62,63)67-11-18-23(71-74(59,60)61)22(48)29(69-18)43-14-40-20-26(35)38-13-39-27(20)43)25(50)28(51)37-6-5-19(46)36-7-9-77-30(52)16(44(55)15-45)4-3-8-42-31(53)34(41-32(42)54)24(49)21(47)17(70-34)10-66-73(56,57)58/h13-14,16-18,21-25,29,45,47-50,55H,3-12,15H2,1-2H3,(H,36,46)(H,37,51)(H,41,54)(H,62,63)(H,64,65)(H2,35,38,39)(H2,56,57,58)(H2,59,60,61). The van der Waals surface area contributed by atoms with E-state index >= 15 is 0 Å². The summed E-state index contributed by atoms with van der Waals surface area (Å²) >= 11 is 0.607. The number of imide groups is 1. The fourth-order valence-corrected chi connectivity index (χ4v) is 11.5. The van der Waals surface area contributed by atoms with E-state index in [1.807, 2.05) is 0 Å². The predicted octanol–water partition coefficient (Wildman–Crippen LogP) is -5.07. The zero-order valence-corrected chi connectivity index (χ0v) is 44.4. The number of aliphatic hydroxyl groups is 5. The van der Waals surface area contributed by atoms with Gasteiger partial charge in [-0.05, 0) is 12.8 Å². The Hall–Kier alpha value is -3.63. The van der Waals surface area contributed by atoms with E-state index in [0.717, 1.165) is 17.2 Å². The van der Waals surface area contributed by atoms with Crippen LogP contribution < -0.4 is 21.7 Å². The lowest BCUT2D eigenvalue weighted by atomic mass is 9.87. The number of carbonyl (C=O) groups is 5. The van der Waals surface area contributed by atoms with Crippen LogP contribution in [0, 0.1) is 5.41 Å². The first-order valence-electron chi connectivity index (χ1n) is 22.1. The molecule has 0 radical (unpaired) electrons. The molecule has 2 aromatic heterocycles. The second kappa shape index (κ2) is 25.9. The highest BCUT2D eigenvalue weighted by Crippen LogP contribution is 2.61. The number of nitrogen functional groups attached to an aromatic ring is 1. The number of aliphatic hydroxyl groups excluding tert-OH is 5. The van der Waals surface area contributed by atoms with Crippen molar-refractivity contribution in [2.24, 2.45) is 5.41 Å². The van der Waals surface area contributed by atoms with Gasteiger partial charge in [0.25, 0.3) is 11.6 Å². The van der Waals surface area contributed by atoms with Crippen molar-refractivity contribution >= 4 is 88.9 Å². The summed E-state index contributed by atoms with van der Waals surface area (Å²) in [7, 11) is -21.7. The highest BCUT2D eigenvalue weighted by Gasteiger charge is 2.66. The van der Waals surface area contributed by atoms with Gasteiger partial charge >= 0.3 is 37.3 Å². The molecule has 5 rings (SSSR count). The van der Waals surface area contributed by atoms with Crippen LogP contribution in [0.4, 0.5) is 10.6 Å². The second-order valence-electron chi connectivity index (χ2n) is 17.5. The Morgan fingerprint density at radius 3 is 2.26 bits per heavy atom. The van der Waals surface area contributed by atoms with Crippen molar-refractivity contribution in [3.05, 3.63) is 12.7 Å². The number of aromatic nitrogens is 4. The number of carbonyl (C=O) groups excluding carboxylic acids is 5. The smallest absolute Gasteiger partial charge is 0.387 e. The van der Waals surface area contributed by atoms with Crippen molar-refractivity contribution in [3.63, 3.8) is 0 Å². The fourth-order valence-electron chi connectivity index (χ4n) is 7.49. The van der Waals surface area contributed by atoms with Gasteiger partial charge in [0.05, 0.1) is 26.1 Å². The molecule has 2 aromatic rings. The van der Waals surface area contributed by atoms with Crippen molar-refractivity contribution in [2.75, 3.05) is 57.7 Å². The molecule has 3 aliphatic heterocycles. The largest absolute Gasteiger partial charge is 0.481 e. The van der Waals surface area contributed by atoms with Gasteiger partial charge in [0, 0.05) is 37.2 Å². The van der Waals surface area contributed by atoms with Crippen LogP contribution >= 0.6 is 43.1 Å². The Kier molecular flexibility index (Phi) is 21.6. The van der Waals surface area contributed by atoms with E-state index in [1.165, 1.54) is 13.8 Å². The van der Waals surface area contributed by atoms with Crippen molar-refractivity contribution < 1.29 is 134 Å². The molecule has 5 heterocycles. The number of phosphoric ester groups is 4. The van der Waals surface area contributed by atoms with Crippen LogP contribution in [-0.4, -0.2) is 225 Å². The van der Waals surface area contributed by atoms with E-state index in [9.17, 15) is 92.5 Å². The average Bonchev–Trinajstić information content (AvgIpc) is 4.03. The number of urea groups is 1. The number of nitrogens with two attached hydrogens (primary N) is 1. The Morgan fingerprint density at radius 1 is 0.948 bits per heavy atom. The SMILES string of the molecule is CC(C)(COP(=O)(O)OP(=O)(O)OCC1OC(n2cnc3c(N)ncnc32)C(O)C1OP(=O)(O)O)C(O)C(=O)NCCC(=O)NCCSC(=O)C(CCCN1C(=O)NC2(OC(COP(=O)(O)O)C(O)C2O)C1=O)N(O)CO. The number of ether oxygens (including phenoxy) is 2. The third kappa shape index (κ3) is 16.7. The van der Waals surface area contributed by atoms with Crippen LogP contribution in [0.2, 0.25) is 0 Å². The summed E-state index contributed by atoms with van der Waals surface area (Å²) in [6, 6.07) is -2.53. The summed E-state index contributed by atoms with van der Waals surface area (Å²) in [6.07, 6.45) is -13.7. The summed E-state index contributed by atoms with van der Waals surface area (Å²) in [5, 5.41) is 68.5. The van der Waals surface area contributed by atoms with E-state index in [-0.39, 0.29) is 60.1 Å². The number of phosphoric acid groups is 4. The molecule has 43 heteroatoms. The molecule has 3 saturated heterocycles. The minimum atomic E-state index is -5.67. The zero-order valence-electron chi connectivity index (χ0n) is 40.0. The Labute approximate surface area is 437 Å². The molecule has 12 atom stereocenters. The van der Waals surface area contributed by atoms with E-state index in [2.05, 4.69) is 44.3 Å². The van der Waals surface area contributed by atoms with Gasteiger partial charge in [-0.15, -0.1) is 0 Å². The number of thioether (sulfide) groups is 1. The summed E-state index contributed by atoms with van der Waals surface area (Å²) in [5.74, 6) is -3.14. The lowest BCUT2D eigenvalue weighted by Gasteiger charge is -2.30. The van der Waals surface area contributed by atoms with Crippen LogP contribution in [0.5, 0.6) is 0 Å². The summed E-state index contributed by atoms with van der Waals surface area (Å²) in [4.78, 5) is 134. The molecule has 0 aliphatic carbocycles. The number of hydroxylamine groups is 2. The monoisotopic (exact) mass is 1210 g/mol. The van der Waals surface area contributed by atoms with Crippen molar-refractivity contribution in [1.29, 1.82) is 0 Å².